The summed E-state index contributed by atoms with van der Waals surface area (Å²) in [4.78, 5) is 19.4. The smallest absolute Gasteiger partial charge is 0.291 e. The maximum absolute atomic E-state index is 12.6. The molecule has 7 heteroatoms. The van der Waals surface area contributed by atoms with E-state index in [1.807, 2.05) is 25.1 Å². The van der Waals surface area contributed by atoms with Gasteiger partial charge in [-0.3, -0.25) is 9.69 Å². The normalized spacial score (nSPS) is 17.8. The van der Waals surface area contributed by atoms with Crippen molar-refractivity contribution < 1.29 is 9.53 Å². The van der Waals surface area contributed by atoms with E-state index in [1.165, 1.54) is 5.56 Å². The number of ether oxygens (including phenoxy) is 1. The van der Waals surface area contributed by atoms with Crippen molar-refractivity contribution in [3.8, 4) is 5.69 Å². The monoisotopic (exact) mass is 399 g/mol. The Morgan fingerprint density at radius 2 is 2.03 bits per heavy atom. The van der Waals surface area contributed by atoms with Gasteiger partial charge in [0.05, 0.1) is 18.4 Å². The van der Waals surface area contributed by atoms with Crippen molar-refractivity contribution in [3.05, 3.63) is 41.5 Å². The predicted molar refractivity (Wildman–Crippen MR) is 114 cm³/mol. The molecule has 0 bridgehead atoms. The maximum atomic E-state index is 12.6. The van der Waals surface area contributed by atoms with Gasteiger partial charge in [0.25, 0.3) is 5.91 Å². The zero-order valence-corrected chi connectivity index (χ0v) is 18.2. The van der Waals surface area contributed by atoms with E-state index in [0.717, 1.165) is 25.3 Å². The van der Waals surface area contributed by atoms with Crippen LogP contribution in [0, 0.1) is 12.8 Å². The van der Waals surface area contributed by atoms with E-state index in [1.54, 1.807) is 4.68 Å². The minimum Gasteiger partial charge on any atom is -0.374 e. The average molecular weight is 400 g/mol. The fraction of sp³-hybridized carbons (Fsp3) is 0.591. The van der Waals surface area contributed by atoms with Crippen molar-refractivity contribution in [1.82, 2.24) is 25.0 Å². The van der Waals surface area contributed by atoms with Crippen molar-refractivity contribution in [3.63, 3.8) is 0 Å². The summed E-state index contributed by atoms with van der Waals surface area (Å²) in [5.41, 5.74) is 2.14. The molecule has 1 N–H and O–H groups in total. The van der Waals surface area contributed by atoms with Crippen LogP contribution in [0.1, 0.15) is 55.6 Å². The molecule has 1 atom stereocenters. The van der Waals surface area contributed by atoms with Gasteiger partial charge in [-0.2, -0.15) is 0 Å². The van der Waals surface area contributed by atoms with Gasteiger partial charge in [0.15, 0.2) is 0 Å². The van der Waals surface area contributed by atoms with Gasteiger partial charge in [0.2, 0.25) is 5.82 Å². The van der Waals surface area contributed by atoms with Crippen LogP contribution in [-0.4, -0.2) is 64.5 Å². The summed E-state index contributed by atoms with van der Waals surface area (Å²) in [6, 6.07) is 8.10. The summed E-state index contributed by atoms with van der Waals surface area (Å²) in [6.07, 6.45) is -0.00343. The molecule has 1 unspecified atom stereocenters. The fourth-order valence-electron chi connectivity index (χ4n) is 3.75. The molecule has 2 heterocycles. The first-order valence-electron chi connectivity index (χ1n) is 10.5. The molecule has 3 rings (SSSR count). The second-order valence-electron chi connectivity index (χ2n) is 8.46. The van der Waals surface area contributed by atoms with Gasteiger partial charge >= 0.3 is 0 Å². The van der Waals surface area contributed by atoms with Gasteiger partial charge in [0.1, 0.15) is 5.82 Å². The number of hydrogen-bond acceptors (Lipinski definition) is 5. The summed E-state index contributed by atoms with van der Waals surface area (Å²) in [6.45, 7) is 14.6. The molecule has 0 radical (unpaired) electrons. The highest BCUT2D eigenvalue weighted by Crippen LogP contribution is 2.23. The molecule has 1 fully saturated rings. The summed E-state index contributed by atoms with van der Waals surface area (Å²) in [5.74, 6) is 1.59. The SMILES string of the molecule is Cc1nc(C(=O)NCC2CN(CC(C)C)CCO2)nn1-c1ccccc1C(C)C. The molecule has 0 saturated carbocycles. The molecule has 2 aromatic rings. The van der Waals surface area contributed by atoms with Crippen LogP contribution in [0.2, 0.25) is 0 Å². The second kappa shape index (κ2) is 9.50. The van der Waals surface area contributed by atoms with Gasteiger partial charge in [-0.15, -0.1) is 5.10 Å². The van der Waals surface area contributed by atoms with E-state index in [9.17, 15) is 4.79 Å². The van der Waals surface area contributed by atoms with Crippen LogP contribution < -0.4 is 5.32 Å². The number of para-hydroxylation sites is 1. The zero-order valence-electron chi connectivity index (χ0n) is 18.2. The lowest BCUT2D eigenvalue weighted by Gasteiger charge is -2.33. The molecule has 7 nitrogen and oxygen atoms in total. The lowest BCUT2D eigenvalue weighted by Crippen LogP contribution is -2.48. The van der Waals surface area contributed by atoms with Gasteiger partial charge < -0.3 is 10.1 Å². The molecule has 0 aliphatic carbocycles. The maximum Gasteiger partial charge on any atom is 0.291 e. The Labute approximate surface area is 173 Å². The number of rotatable bonds is 7. The van der Waals surface area contributed by atoms with Crippen LogP contribution in [0.15, 0.2) is 24.3 Å². The van der Waals surface area contributed by atoms with Crippen molar-refractivity contribution >= 4 is 5.91 Å². The molecule has 1 amide bonds. The molecule has 158 valence electrons. The molecular formula is C22H33N5O2. The van der Waals surface area contributed by atoms with Crippen LogP contribution in [0.25, 0.3) is 5.69 Å². The van der Waals surface area contributed by atoms with Crippen molar-refractivity contribution in [2.45, 2.75) is 46.6 Å². The van der Waals surface area contributed by atoms with Gasteiger partial charge in [-0.25, -0.2) is 9.67 Å². The summed E-state index contributed by atoms with van der Waals surface area (Å²) >= 11 is 0. The predicted octanol–water partition coefficient (Wildman–Crippen LogP) is 2.79. The molecule has 1 saturated heterocycles. The summed E-state index contributed by atoms with van der Waals surface area (Å²) in [5, 5.41) is 7.43. The topological polar surface area (TPSA) is 72.3 Å². The standard InChI is InChI=1S/C22H33N5O2/c1-15(2)13-26-10-11-29-18(14-26)12-23-22(28)21-24-17(5)27(25-21)20-9-7-6-8-19(20)16(3)4/h6-9,15-16,18H,10-14H2,1-5H3,(H,23,28). The Bertz CT molecular complexity index is 830. The molecule has 1 aromatic carbocycles. The quantitative estimate of drug-likeness (QED) is 0.775. The highest BCUT2D eigenvalue weighted by molar-refractivity contribution is 5.90. The Kier molecular flexibility index (Phi) is 7.03. The van der Waals surface area contributed by atoms with Gasteiger partial charge in [-0.1, -0.05) is 45.9 Å². The number of nitrogens with one attached hydrogen (secondary N) is 1. The van der Waals surface area contributed by atoms with Gasteiger partial charge in [-0.05, 0) is 30.4 Å². The fourth-order valence-corrected chi connectivity index (χ4v) is 3.75. The molecular weight excluding hydrogens is 366 g/mol. The third kappa shape index (κ3) is 5.42. The molecule has 1 aliphatic heterocycles. The van der Waals surface area contributed by atoms with Crippen LogP contribution in [0.4, 0.5) is 0 Å². The Balaban J connectivity index is 1.65. The number of amides is 1. The highest BCUT2D eigenvalue weighted by atomic mass is 16.5. The first kappa shape index (κ1) is 21.5. The van der Waals surface area contributed by atoms with E-state index in [2.05, 4.69) is 54.1 Å². The first-order chi connectivity index (χ1) is 13.8. The Morgan fingerprint density at radius 3 is 2.76 bits per heavy atom. The number of morpholine rings is 1. The van der Waals surface area contributed by atoms with Gasteiger partial charge in [0, 0.05) is 26.2 Å². The van der Waals surface area contributed by atoms with E-state index in [0.29, 0.717) is 30.8 Å². The van der Waals surface area contributed by atoms with Crippen LogP contribution in [-0.2, 0) is 4.74 Å². The Morgan fingerprint density at radius 1 is 1.28 bits per heavy atom. The molecule has 1 aliphatic rings. The van der Waals surface area contributed by atoms with E-state index in [-0.39, 0.29) is 17.8 Å². The second-order valence-corrected chi connectivity index (χ2v) is 8.46. The minimum absolute atomic E-state index is 0.00343. The summed E-state index contributed by atoms with van der Waals surface area (Å²) < 4.78 is 7.57. The third-order valence-electron chi connectivity index (χ3n) is 5.10. The third-order valence-corrected chi connectivity index (χ3v) is 5.10. The Hall–Kier alpha value is -2.25. The lowest BCUT2D eigenvalue weighted by molar-refractivity contribution is -0.0296. The highest BCUT2D eigenvalue weighted by Gasteiger charge is 2.23. The molecule has 1 aromatic heterocycles. The van der Waals surface area contributed by atoms with Crippen molar-refractivity contribution in [2.75, 3.05) is 32.8 Å². The average Bonchev–Trinajstić information content (AvgIpc) is 3.07. The number of aromatic nitrogens is 3. The molecule has 0 spiro atoms. The number of benzene rings is 1. The van der Waals surface area contributed by atoms with Crippen molar-refractivity contribution in [1.29, 1.82) is 0 Å². The largest absolute Gasteiger partial charge is 0.374 e. The van der Waals surface area contributed by atoms with E-state index < -0.39 is 0 Å². The molecule has 29 heavy (non-hydrogen) atoms. The van der Waals surface area contributed by atoms with Crippen LogP contribution >= 0.6 is 0 Å². The number of nitrogens with zero attached hydrogens (tertiary/aromatic N) is 4. The first-order valence-corrected chi connectivity index (χ1v) is 10.5. The van der Waals surface area contributed by atoms with Crippen LogP contribution in [0.3, 0.4) is 0 Å². The van der Waals surface area contributed by atoms with Crippen LogP contribution in [0.5, 0.6) is 0 Å². The number of aryl methyl sites for hydroxylation is 1. The van der Waals surface area contributed by atoms with Crippen molar-refractivity contribution in [2.24, 2.45) is 5.92 Å². The zero-order chi connectivity index (χ0) is 21.0. The summed E-state index contributed by atoms with van der Waals surface area (Å²) in [7, 11) is 0. The number of carbonyl (C=O) groups is 1. The number of carbonyl (C=O) groups excluding carboxylic acids is 1. The van der Waals surface area contributed by atoms with E-state index in [4.69, 9.17) is 4.74 Å². The number of hydrogen-bond donors (Lipinski definition) is 1. The minimum atomic E-state index is -0.265. The van der Waals surface area contributed by atoms with E-state index >= 15 is 0 Å². The lowest BCUT2D eigenvalue weighted by atomic mass is 10.0.